The van der Waals surface area contributed by atoms with E-state index in [9.17, 15) is 4.39 Å². The molecule has 0 saturated carbocycles. The fourth-order valence-electron chi connectivity index (χ4n) is 2.79. The number of halogens is 1. The molecule has 2 heterocycles. The normalized spacial score (nSPS) is 13.8. The van der Waals surface area contributed by atoms with E-state index in [1.807, 2.05) is 6.07 Å². The lowest BCUT2D eigenvalue weighted by atomic mass is 10.2. The Morgan fingerprint density at radius 2 is 2.19 bits per heavy atom. The molecule has 0 spiro atoms. The molecule has 1 aromatic carbocycles. The van der Waals surface area contributed by atoms with Crippen LogP contribution in [0, 0.1) is 5.82 Å². The van der Waals surface area contributed by atoms with Crippen LogP contribution in [0.15, 0.2) is 35.6 Å². The molecule has 0 bridgehead atoms. The van der Waals surface area contributed by atoms with Gasteiger partial charge in [0.2, 0.25) is 0 Å². The standard InChI is InChI=1S/C16H13FN2S2/c17-11-4-1-3-10(7-11)8-20-15-14-12-5-2-6-13(12)21-16(14)19-9-18-15/h1,3-4,7,9H,2,5-6,8H2. The van der Waals surface area contributed by atoms with E-state index in [4.69, 9.17) is 0 Å². The number of thioether (sulfide) groups is 1. The first kappa shape index (κ1) is 13.2. The quantitative estimate of drug-likeness (QED) is 0.521. The third kappa shape index (κ3) is 2.45. The molecule has 2 nitrogen and oxygen atoms in total. The summed E-state index contributed by atoms with van der Waals surface area (Å²) in [6, 6.07) is 6.77. The molecule has 5 heteroatoms. The van der Waals surface area contributed by atoms with Crippen molar-refractivity contribution in [1.29, 1.82) is 0 Å². The monoisotopic (exact) mass is 316 g/mol. The minimum Gasteiger partial charge on any atom is -0.229 e. The van der Waals surface area contributed by atoms with Gasteiger partial charge >= 0.3 is 0 Å². The summed E-state index contributed by atoms with van der Waals surface area (Å²) in [6.07, 6.45) is 5.18. The highest BCUT2D eigenvalue weighted by Crippen LogP contribution is 2.40. The fourth-order valence-corrected chi connectivity index (χ4v) is 5.05. The van der Waals surface area contributed by atoms with Crippen molar-refractivity contribution in [2.24, 2.45) is 0 Å². The van der Waals surface area contributed by atoms with Crippen LogP contribution in [0.2, 0.25) is 0 Å². The lowest BCUT2D eigenvalue weighted by molar-refractivity contribution is 0.626. The first-order chi connectivity index (χ1) is 10.3. The minimum absolute atomic E-state index is 0.183. The van der Waals surface area contributed by atoms with E-state index in [0.717, 1.165) is 27.6 Å². The molecule has 0 unspecified atom stereocenters. The summed E-state index contributed by atoms with van der Waals surface area (Å²) in [4.78, 5) is 11.4. The average Bonchev–Trinajstić information content (AvgIpc) is 3.05. The molecular weight excluding hydrogens is 303 g/mol. The molecule has 0 radical (unpaired) electrons. The Balaban J connectivity index is 1.67. The van der Waals surface area contributed by atoms with E-state index in [2.05, 4.69) is 9.97 Å². The van der Waals surface area contributed by atoms with Gasteiger partial charge in [-0.05, 0) is 42.5 Å². The lowest BCUT2D eigenvalue weighted by Gasteiger charge is -2.04. The summed E-state index contributed by atoms with van der Waals surface area (Å²) in [7, 11) is 0. The van der Waals surface area contributed by atoms with Crippen LogP contribution in [0.3, 0.4) is 0 Å². The van der Waals surface area contributed by atoms with E-state index in [1.165, 1.54) is 34.7 Å². The Bertz CT molecular complexity index is 813. The first-order valence-electron chi connectivity index (χ1n) is 6.94. The van der Waals surface area contributed by atoms with Crippen LogP contribution >= 0.6 is 23.1 Å². The maximum atomic E-state index is 13.2. The van der Waals surface area contributed by atoms with Gasteiger partial charge in [0.05, 0.1) is 0 Å². The smallest absolute Gasteiger partial charge is 0.128 e. The Hall–Kier alpha value is -1.46. The zero-order valence-corrected chi connectivity index (χ0v) is 12.9. The number of aromatic nitrogens is 2. The van der Waals surface area contributed by atoms with Crippen molar-refractivity contribution < 1.29 is 4.39 Å². The minimum atomic E-state index is -0.183. The molecule has 3 aromatic rings. The van der Waals surface area contributed by atoms with Gasteiger partial charge in [-0.15, -0.1) is 23.1 Å². The highest BCUT2D eigenvalue weighted by molar-refractivity contribution is 7.98. The second-order valence-electron chi connectivity index (χ2n) is 5.13. The van der Waals surface area contributed by atoms with Crippen molar-refractivity contribution in [2.75, 3.05) is 0 Å². The van der Waals surface area contributed by atoms with Gasteiger partial charge in [-0.1, -0.05) is 12.1 Å². The molecule has 4 rings (SSSR count). The van der Waals surface area contributed by atoms with Crippen molar-refractivity contribution in [3.63, 3.8) is 0 Å². The maximum absolute atomic E-state index is 13.2. The second kappa shape index (κ2) is 5.39. The largest absolute Gasteiger partial charge is 0.229 e. The molecule has 0 aliphatic heterocycles. The SMILES string of the molecule is Fc1cccc(CSc2ncnc3sc4c(c23)CCC4)c1. The number of fused-ring (bicyclic) bond motifs is 3. The van der Waals surface area contributed by atoms with E-state index in [-0.39, 0.29) is 5.82 Å². The highest BCUT2D eigenvalue weighted by atomic mass is 32.2. The molecule has 2 aromatic heterocycles. The topological polar surface area (TPSA) is 25.8 Å². The zero-order valence-electron chi connectivity index (χ0n) is 11.3. The van der Waals surface area contributed by atoms with E-state index in [0.29, 0.717) is 0 Å². The second-order valence-corrected chi connectivity index (χ2v) is 7.18. The van der Waals surface area contributed by atoms with Gasteiger partial charge in [-0.3, -0.25) is 0 Å². The molecule has 1 aliphatic carbocycles. The van der Waals surface area contributed by atoms with Crippen molar-refractivity contribution in [3.8, 4) is 0 Å². The Morgan fingerprint density at radius 3 is 3.10 bits per heavy atom. The van der Waals surface area contributed by atoms with Crippen LogP contribution < -0.4 is 0 Å². The number of hydrogen-bond acceptors (Lipinski definition) is 4. The molecule has 0 amide bonds. The van der Waals surface area contributed by atoms with Crippen molar-refractivity contribution in [3.05, 3.63) is 52.4 Å². The molecular formula is C16H13FN2S2. The van der Waals surface area contributed by atoms with Gasteiger partial charge in [-0.25, -0.2) is 14.4 Å². The summed E-state index contributed by atoms with van der Waals surface area (Å²) < 4.78 is 13.2. The number of benzene rings is 1. The average molecular weight is 316 g/mol. The van der Waals surface area contributed by atoms with E-state index in [1.54, 1.807) is 41.6 Å². The molecule has 1 aliphatic rings. The molecule has 0 N–H and O–H groups in total. The third-order valence-corrected chi connectivity index (χ3v) is 5.99. The summed E-state index contributed by atoms with van der Waals surface area (Å²) in [5.74, 6) is 0.548. The predicted molar refractivity (Wildman–Crippen MR) is 85.4 cm³/mol. The van der Waals surface area contributed by atoms with Crippen LogP contribution in [0.4, 0.5) is 4.39 Å². The van der Waals surface area contributed by atoms with Crippen molar-refractivity contribution >= 4 is 33.3 Å². The summed E-state index contributed by atoms with van der Waals surface area (Å²) >= 11 is 3.47. The van der Waals surface area contributed by atoms with Gasteiger partial charge in [0, 0.05) is 16.0 Å². The zero-order chi connectivity index (χ0) is 14.2. The summed E-state index contributed by atoms with van der Waals surface area (Å²) in [5, 5.41) is 2.26. The van der Waals surface area contributed by atoms with Gasteiger partial charge in [-0.2, -0.15) is 0 Å². The van der Waals surface area contributed by atoms with E-state index < -0.39 is 0 Å². The Labute approximate surface area is 130 Å². The molecule has 0 saturated heterocycles. The van der Waals surface area contributed by atoms with Crippen molar-refractivity contribution in [2.45, 2.75) is 30.0 Å². The lowest BCUT2D eigenvalue weighted by Crippen LogP contribution is -1.88. The fraction of sp³-hybridized carbons (Fsp3) is 0.250. The number of hydrogen-bond donors (Lipinski definition) is 0. The van der Waals surface area contributed by atoms with Crippen LogP contribution in [0.1, 0.15) is 22.4 Å². The van der Waals surface area contributed by atoms with Gasteiger partial charge in [0.1, 0.15) is 22.0 Å². The highest BCUT2D eigenvalue weighted by Gasteiger charge is 2.21. The molecule has 0 fully saturated rings. The number of aryl methyl sites for hydroxylation is 2. The number of rotatable bonds is 3. The van der Waals surface area contributed by atoms with Crippen LogP contribution in [-0.2, 0) is 18.6 Å². The first-order valence-corrected chi connectivity index (χ1v) is 8.74. The predicted octanol–water partition coefficient (Wildman–Crippen LogP) is 4.61. The Morgan fingerprint density at radius 1 is 1.24 bits per heavy atom. The van der Waals surface area contributed by atoms with Crippen LogP contribution in [0.25, 0.3) is 10.2 Å². The van der Waals surface area contributed by atoms with Gasteiger partial charge in [0.25, 0.3) is 0 Å². The summed E-state index contributed by atoms with van der Waals surface area (Å²) in [5.41, 5.74) is 2.43. The van der Waals surface area contributed by atoms with Crippen molar-refractivity contribution in [1.82, 2.24) is 9.97 Å². The van der Waals surface area contributed by atoms with E-state index >= 15 is 0 Å². The van der Waals surface area contributed by atoms with Gasteiger partial charge < -0.3 is 0 Å². The Kier molecular flexibility index (Phi) is 3.39. The molecule has 106 valence electrons. The number of nitrogens with zero attached hydrogens (tertiary/aromatic N) is 2. The molecule has 21 heavy (non-hydrogen) atoms. The maximum Gasteiger partial charge on any atom is 0.128 e. The van der Waals surface area contributed by atoms with Gasteiger partial charge in [0.15, 0.2) is 0 Å². The van der Waals surface area contributed by atoms with Crippen LogP contribution in [0.5, 0.6) is 0 Å². The summed E-state index contributed by atoms with van der Waals surface area (Å²) in [6.45, 7) is 0. The third-order valence-electron chi connectivity index (χ3n) is 3.73. The number of thiophene rings is 1. The van der Waals surface area contributed by atoms with Crippen LogP contribution in [-0.4, -0.2) is 9.97 Å². The molecule has 0 atom stereocenters.